The maximum Gasteiger partial charge on any atom is 0.366 e. The Labute approximate surface area is 72.5 Å². The lowest BCUT2D eigenvalue weighted by atomic mass is 10.5. The minimum Gasteiger partial charge on any atom is -0.369 e. The molecule has 0 saturated heterocycles. The average molecular weight is 189 g/mol. The number of hydrogen-bond donors (Lipinski definition) is 1. The van der Waals surface area contributed by atoms with E-state index in [0.29, 0.717) is 4.88 Å². The lowest BCUT2D eigenvalue weighted by Crippen LogP contribution is -2.07. The first-order chi connectivity index (χ1) is 5.27. The Morgan fingerprint density at radius 2 is 2.45 bits per heavy atom. The molecule has 60 valence electrons. The Morgan fingerprint density at radius 1 is 1.73 bits per heavy atom. The SMILES string of the molecule is CSc1ccc(C(=O)ON)s1. The van der Waals surface area contributed by atoms with E-state index >= 15 is 0 Å². The van der Waals surface area contributed by atoms with Crippen LogP contribution in [0.3, 0.4) is 0 Å². The van der Waals surface area contributed by atoms with Gasteiger partial charge in [0.1, 0.15) is 4.88 Å². The van der Waals surface area contributed by atoms with Crippen LogP contribution in [0.2, 0.25) is 0 Å². The smallest absolute Gasteiger partial charge is 0.366 e. The van der Waals surface area contributed by atoms with E-state index in [0.717, 1.165) is 4.21 Å². The van der Waals surface area contributed by atoms with Gasteiger partial charge in [-0.1, -0.05) is 0 Å². The normalized spacial score (nSPS) is 9.64. The number of thioether (sulfide) groups is 1. The third kappa shape index (κ3) is 1.95. The van der Waals surface area contributed by atoms with Crippen molar-refractivity contribution in [3.8, 4) is 0 Å². The summed E-state index contributed by atoms with van der Waals surface area (Å²) in [5.41, 5.74) is 0. The Bertz CT molecular complexity index is 259. The highest BCUT2D eigenvalue weighted by Gasteiger charge is 2.08. The number of rotatable bonds is 2. The van der Waals surface area contributed by atoms with E-state index in [1.807, 2.05) is 12.3 Å². The molecule has 1 aromatic heterocycles. The van der Waals surface area contributed by atoms with Gasteiger partial charge in [-0.05, 0) is 18.4 Å². The largest absolute Gasteiger partial charge is 0.369 e. The molecule has 0 fully saturated rings. The van der Waals surface area contributed by atoms with Crippen LogP contribution in [-0.4, -0.2) is 12.2 Å². The summed E-state index contributed by atoms with van der Waals surface area (Å²) < 4.78 is 1.07. The second-order valence-corrected chi connectivity index (χ2v) is 3.92. The van der Waals surface area contributed by atoms with Crippen LogP contribution in [0.5, 0.6) is 0 Å². The standard InChI is InChI=1S/C6H7NO2S2/c1-10-5-3-2-4(11-5)6(8)9-7/h2-3H,7H2,1H3. The Kier molecular flexibility index (Phi) is 2.92. The fourth-order valence-electron chi connectivity index (χ4n) is 0.598. The summed E-state index contributed by atoms with van der Waals surface area (Å²) in [6, 6.07) is 3.56. The molecule has 0 unspecified atom stereocenters. The van der Waals surface area contributed by atoms with Crippen LogP contribution in [0.1, 0.15) is 9.67 Å². The van der Waals surface area contributed by atoms with Crippen molar-refractivity contribution in [2.45, 2.75) is 4.21 Å². The van der Waals surface area contributed by atoms with Crippen LogP contribution < -0.4 is 5.90 Å². The first kappa shape index (κ1) is 8.58. The van der Waals surface area contributed by atoms with E-state index in [1.54, 1.807) is 17.8 Å². The minimum absolute atomic E-state index is 0.477. The first-order valence-electron chi connectivity index (χ1n) is 2.83. The number of carbonyl (C=O) groups is 1. The molecule has 0 radical (unpaired) electrons. The van der Waals surface area contributed by atoms with Gasteiger partial charge in [0.2, 0.25) is 0 Å². The predicted octanol–water partition coefficient (Wildman–Crippen LogP) is 1.50. The molecule has 0 amide bonds. The summed E-state index contributed by atoms with van der Waals surface area (Å²) in [5.74, 6) is 4.23. The van der Waals surface area contributed by atoms with Crippen molar-refractivity contribution in [2.24, 2.45) is 5.90 Å². The van der Waals surface area contributed by atoms with E-state index in [2.05, 4.69) is 4.84 Å². The molecule has 0 saturated carbocycles. The molecule has 11 heavy (non-hydrogen) atoms. The molecule has 0 aromatic carbocycles. The quantitative estimate of drug-likeness (QED) is 0.566. The maximum absolute atomic E-state index is 10.8. The van der Waals surface area contributed by atoms with Crippen LogP contribution in [0.15, 0.2) is 16.3 Å². The number of hydrogen-bond acceptors (Lipinski definition) is 5. The molecule has 1 heterocycles. The fourth-order valence-corrected chi connectivity index (χ4v) is 2.02. The molecule has 1 aromatic rings. The summed E-state index contributed by atoms with van der Waals surface area (Å²) in [6.45, 7) is 0. The maximum atomic E-state index is 10.8. The molecule has 5 heteroatoms. The molecule has 0 bridgehead atoms. The van der Waals surface area contributed by atoms with Gasteiger partial charge in [0.05, 0.1) is 4.21 Å². The van der Waals surface area contributed by atoms with Crippen LogP contribution in [0.4, 0.5) is 0 Å². The highest BCUT2D eigenvalue weighted by molar-refractivity contribution is 8.00. The molecule has 2 N–H and O–H groups in total. The molecular weight excluding hydrogens is 182 g/mol. The number of carbonyl (C=O) groups excluding carboxylic acids is 1. The lowest BCUT2D eigenvalue weighted by molar-refractivity contribution is 0.0509. The zero-order valence-electron chi connectivity index (χ0n) is 5.87. The van der Waals surface area contributed by atoms with Crippen molar-refractivity contribution in [3.05, 3.63) is 17.0 Å². The van der Waals surface area contributed by atoms with Crippen molar-refractivity contribution in [1.82, 2.24) is 0 Å². The van der Waals surface area contributed by atoms with Gasteiger partial charge < -0.3 is 4.84 Å². The van der Waals surface area contributed by atoms with Crippen molar-refractivity contribution in [1.29, 1.82) is 0 Å². The predicted molar refractivity (Wildman–Crippen MR) is 45.7 cm³/mol. The third-order valence-electron chi connectivity index (χ3n) is 1.09. The number of nitrogens with two attached hydrogens (primary N) is 1. The van der Waals surface area contributed by atoms with E-state index in [-0.39, 0.29) is 0 Å². The van der Waals surface area contributed by atoms with E-state index < -0.39 is 5.97 Å². The zero-order chi connectivity index (χ0) is 8.27. The first-order valence-corrected chi connectivity index (χ1v) is 4.87. The van der Waals surface area contributed by atoms with Crippen molar-refractivity contribution < 1.29 is 9.63 Å². The fraction of sp³-hybridized carbons (Fsp3) is 0.167. The van der Waals surface area contributed by atoms with E-state index in [4.69, 9.17) is 5.90 Å². The topological polar surface area (TPSA) is 52.3 Å². The van der Waals surface area contributed by atoms with Gasteiger partial charge in [-0.15, -0.1) is 23.1 Å². The Hall–Kier alpha value is -0.520. The molecule has 0 atom stereocenters. The Morgan fingerprint density at radius 3 is 2.91 bits per heavy atom. The number of thiophene rings is 1. The van der Waals surface area contributed by atoms with E-state index in [1.165, 1.54) is 11.3 Å². The van der Waals surface area contributed by atoms with Crippen molar-refractivity contribution >= 4 is 29.1 Å². The van der Waals surface area contributed by atoms with Crippen LogP contribution in [-0.2, 0) is 4.84 Å². The summed E-state index contributed by atoms with van der Waals surface area (Å²) >= 11 is 2.96. The summed E-state index contributed by atoms with van der Waals surface area (Å²) in [4.78, 5) is 15.4. The lowest BCUT2D eigenvalue weighted by Gasteiger charge is -1.90. The molecule has 0 aliphatic carbocycles. The molecule has 3 nitrogen and oxygen atoms in total. The van der Waals surface area contributed by atoms with Crippen LogP contribution in [0.25, 0.3) is 0 Å². The van der Waals surface area contributed by atoms with Gasteiger partial charge in [0.25, 0.3) is 0 Å². The second-order valence-electron chi connectivity index (χ2n) is 1.73. The van der Waals surface area contributed by atoms with Gasteiger partial charge in [-0.3, -0.25) is 0 Å². The van der Waals surface area contributed by atoms with Gasteiger partial charge >= 0.3 is 5.97 Å². The second kappa shape index (κ2) is 3.75. The molecule has 0 aliphatic rings. The Balaban J connectivity index is 2.80. The molecular formula is C6H7NO2S2. The van der Waals surface area contributed by atoms with Crippen LogP contribution >= 0.6 is 23.1 Å². The third-order valence-corrected chi connectivity index (χ3v) is 3.24. The summed E-state index contributed by atoms with van der Waals surface area (Å²) in [7, 11) is 0. The van der Waals surface area contributed by atoms with Crippen molar-refractivity contribution in [3.63, 3.8) is 0 Å². The molecule has 0 aliphatic heterocycles. The molecule has 1 rings (SSSR count). The average Bonchev–Trinajstić information content (AvgIpc) is 2.50. The summed E-state index contributed by atoms with van der Waals surface area (Å²) in [6.07, 6.45) is 1.95. The van der Waals surface area contributed by atoms with Gasteiger partial charge in [0.15, 0.2) is 0 Å². The zero-order valence-corrected chi connectivity index (χ0v) is 7.50. The molecule has 0 spiro atoms. The minimum atomic E-state index is -0.477. The van der Waals surface area contributed by atoms with Gasteiger partial charge in [0, 0.05) is 0 Å². The van der Waals surface area contributed by atoms with Crippen LogP contribution in [0, 0.1) is 0 Å². The van der Waals surface area contributed by atoms with E-state index in [9.17, 15) is 4.79 Å². The van der Waals surface area contributed by atoms with Gasteiger partial charge in [-0.2, -0.15) is 5.90 Å². The highest BCUT2D eigenvalue weighted by Crippen LogP contribution is 2.25. The van der Waals surface area contributed by atoms with Gasteiger partial charge in [-0.25, -0.2) is 4.79 Å². The monoisotopic (exact) mass is 189 g/mol. The summed E-state index contributed by atoms with van der Waals surface area (Å²) in [5, 5.41) is 0. The van der Waals surface area contributed by atoms with Crippen molar-refractivity contribution in [2.75, 3.05) is 6.26 Å². The highest BCUT2D eigenvalue weighted by atomic mass is 32.2.